The molecule has 0 radical (unpaired) electrons. The van der Waals surface area contributed by atoms with Crippen LogP contribution in [0.15, 0.2) is 18.7 Å². The van der Waals surface area contributed by atoms with Crippen molar-refractivity contribution in [3.63, 3.8) is 0 Å². The number of halogens is 1. The van der Waals surface area contributed by atoms with Crippen LogP contribution in [-0.4, -0.2) is 31.3 Å². The van der Waals surface area contributed by atoms with Gasteiger partial charge in [-0.15, -0.1) is 0 Å². The first-order valence-electron chi connectivity index (χ1n) is 4.80. The summed E-state index contributed by atoms with van der Waals surface area (Å²) in [4.78, 5) is 12.1. The van der Waals surface area contributed by atoms with Crippen molar-refractivity contribution < 1.29 is 0 Å². The van der Waals surface area contributed by atoms with Crippen molar-refractivity contribution in [1.82, 2.24) is 24.7 Å². The molecule has 1 N–H and O–H groups in total. The molecule has 0 spiro atoms. The Kier molecular flexibility index (Phi) is 3.31. The van der Waals surface area contributed by atoms with Crippen LogP contribution in [0.4, 0.5) is 5.82 Å². The van der Waals surface area contributed by atoms with Gasteiger partial charge in [0, 0.05) is 32.4 Å². The second kappa shape index (κ2) is 4.89. The van der Waals surface area contributed by atoms with Gasteiger partial charge in [0.15, 0.2) is 16.8 Å². The molecule has 0 unspecified atom stereocenters. The maximum atomic E-state index is 5.84. The van der Waals surface area contributed by atoms with Crippen LogP contribution < -0.4 is 5.32 Å². The van der Waals surface area contributed by atoms with Gasteiger partial charge < -0.3 is 5.32 Å². The van der Waals surface area contributed by atoms with Crippen LogP contribution >= 0.6 is 11.6 Å². The minimum absolute atomic E-state index is 0.372. The largest absolute Gasteiger partial charge is 0.367 e. The first-order chi connectivity index (χ1) is 7.75. The van der Waals surface area contributed by atoms with Crippen LogP contribution in [0, 0.1) is 0 Å². The van der Waals surface area contributed by atoms with E-state index in [1.807, 2.05) is 7.05 Å². The number of rotatable bonds is 4. The molecule has 0 saturated heterocycles. The van der Waals surface area contributed by atoms with E-state index in [0.29, 0.717) is 23.9 Å². The van der Waals surface area contributed by atoms with Crippen molar-refractivity contribution in [1.29, 1.82) is 0 Å². The molecule has 0 atom stereocenters. The number of aryl methyl sites for hydroxylation is 1. The molecule has 2 aromatic heterocycles. The Morgan fingerprint density at radius 1 is 1.31 bits per heavy atom. The Balaban J connectivity index is 1.87. The van der Waals surface area contributed by atoms with Crippen molar-refractivity contribution in [3.05, 3.63) is 29.7 Å². The summed E-state index contributed by atoms with van der Waals surface area (Å²) in [7, 11) is 1.84. The first-order valence-corrected chi connectivity index (χ1v) is 5.18. The predicted molar refractivity (Wildman–Crippen MR) is 60.2 cm³/mol. The lowest BCUT2D eigenvalue weighted by atomic mass is 10.4. The minimum Gasteiger partial charge on any atom is -0.367 e. The smallest absolute Gasteiger partial charge is 0.171 e. The number of nitrogens with one attached hydrogen (secondary N) is 1. The second-order valence-corrected chi connectivity index (χ2v) is 3.57. The van der Waals surface area contributed by atoms with Gasteiger partial charge >= 0.3 is 0 Å². The maximum Gasteiger partial charge on any atom is 0.171 e. The fourth-order valence-electron chi connectivity index (χ4n) is 1.23. The molecule has 0 aromatic carbocycles. The van der Waals surface area contributed by atoms with Gasteiger partial charge in [0.1, 0.15) is 6.33 Å². The fourth-order valence-corrected chi connectivity index (χ4v) is 1.40. The maximum absolute atomic E-state index is 5.84. The standard InChI is InChI=1S/C9H11ClN6/c1-16-6-14-7(15-16)2-3-12-9-8(10)11-4-5-13-9/h4-6H,2-3H2,1H3,(H,12,13). The summed E-state index contributed by atoms with van der Waals surface area (Å²) >= 11 is 5.84. The molecule has 0 aliphatic carbocycles. The van der Waals surface area contributed by atoms with Gasteiger partial charge in [0.25, 0.3) is 0 Å². The fraction of sp³-hybridized carbons (Fsp3) is 0.333. The van der Waals surface area contributed by atoms with Gasteiger partial charge in [0.05, 0.1) is 0 Å². The summed E-state index contributed by atoms with van der Waals surface area (Å²) in [5.74, 6) is 1.37. The molecule has 0 amide bonds. The van der Waals surface area contributed by atoms with Gasteiger partial charge in [-0.2, -0.15) is 5.10 Å². The van der Waals surface area contributed by atoms with Crippen molar-refractivity contribution in [2.45, 2.75) is 6.42 Å². The Hall–Kier alpha value is -1.69. The lowest BCUT2D eigenvalue weighted by molar-refractivity contribution is 0.741. The van der Waals surface area contributed by atoms with Crippen molar-refractivity contribution in [2.75, 3.05) is 11.9 Å². The van der Waals surface area contributed by atoms with Crippen molar-refractivity contribution in [3.8, 4) is 0 Å². The topological polar surface area (TPSA) is 68.5 Å². The average Bonchev–Trinajstić information content (AvgIpc) is 2.67. The van der Waals surface area contributed by atoms with Crippen molar-refractivity contribution >= 4 is 17.4 Å². The van der Waals surface area contributed by atoms with Crippen LogP contribution in [0.1, 0.15) is 5.82 Å². The van der Waals surface area contributed by atoms with Gasteiger partial charge in [-0.25, -0.2) is 15.0 Å². The summed E-state index contributed by atoms with van der Waals surface area (Å²) in [6, 6.07) is 0. The molecular formula is C9H11ClN6. The molecule has 0 fully saturated rings. The molecule has 2 rings (SSSR count). The van der Waals surface area contributed by atoms with Gasteiger partial charge in [0.2, 0.25) is 0 Å². The van der Waals surface area contributed by atoms with E-state index in [-0.39, 0.29) is 0 Å². The highest BCUT2D eigenvalue weighted by Gasteiger charge is 2.02. The second-order valence-electron chi connectivity index (χ2n) is 3.21. The highest BCUT2D eigenvalue weighted by Crippen LogP contribution is 2.13. The third-order valence-electron chi connectivity index (χ3n) is 1.94. The van der Waals surface area contributed by atoms with Crippen LogP contribution in [0.5, 0.6) is 0 Å². The molecular weight excluding hydrogens is 228 g/mol. The quantitative estimate of drug-likeness (QED) is 0.858. The van der Waals surface area contributed by atoms with E-state index in [0.717, 1.165) is 5.82 Å². The van der Waals surface area contributed by atoms with E-state index < -0.39 is 0 Å². The molecule has 0 aliphatic rings. The van der Waals surface area contributed by atoms with E-state index in [9.17, 15) is 0 Å². The van der Waals surface area contributed by atoms with E-state index in [1.54, 1.807) is 23.4 Å². The summed E-state index contributed by atoms with van der Waals surface area (Å²) in [5, 5.41) is 7.61. The first kappa shape index (κ1) is 10.8. The van der Waals surface area contributed by atoms with Gasteiger partial charge in [-0.3, -0.25) is 4.68 Å². The summed E-state index contributed by atoms with van der Waals surface area (Å²) < 4.78 is 1.67. The summed E-state index contributed by atoms with van der Waals surface area (Å²) in [6.45, 7) is 0.669. The molecule has 7 heteroatoms. The molecule has 0 aliphatic heterocycles. The Labute approximate surface area is 97.7 Å². The number of hydrogen-bond donors (Lipinski definition) is 1. The Morgan fingerprint density at radius 2 is 2.12 bits per heavy atom. The number of nitrogens with zero attached hydrogens (tertiary/aromatic N) is 5. The predicted octanol–water partition coefficient (Wildman–Crippen LogP) is 0.913. The van der Waals surface area contributed by atoms with E-state index in [2.05, 4.69) is 25.4 Å². The molecule has 16 heavy (non-hydrogen) atoms. The molecule has 0 saturated carbocycles. The summed E-state index contributed by atoms with van der Waals surface area (Å²) in [5.41, 5.74) is 0. The van der Waals surface area contributed by atoms with Crippen molar-refractivity contribution in [2.24, 2.45) is 7.05 Å². The highest BCUT2D eigenvalue weighted by molar-refractivity contribution is 6.31. The van der Waals surface area contributed by atoms with Crippen LogP contribution in [0.3, 0.4) is 0 Å². The minimum atomic E-state index is 0.372. The number of hydrogen-bond acceptors (Lipinski definition) is 5. The molecule has 6 nitrogen and oxygen atoms in total. The normalized spacial score (nSPS) is 10.4. The Morgan fingerprint density at radius 3 is 2.81 bits per heavy atom. The van der Waals surface area contributed by atoms with E-state index >= 15 is 0 Å². The van der Waals surface area contributed by atoms with Gasteiger partial charge in [-0.1, -0.05) is 11.6 Å². The SMILES string of the molecule is Cn1cnc(CCNc2nccnc2Cl)n1. The zero-order chi connectivity index (χ0) is 11.4. The van der Waals surface area contributed by atoms with E-state index in [4.69, 9.17) is 11.6 Å². The van der Waals surface area contributed by atoms with Crippen LogP contribution in [0.2, 0.25) is 5.15 Å². The third-order valence-corrected chi connectivity index (χ3v) is 2.22. The molecule has 2 heterocycles. The monoisotopic (exact) mass is 238 g/mol. The van der Waals surface area contributed by atoms with Gasteiger partial charge in [-0.05, 0) is 0 Å². The van der Waals surface area contributed by atoms with Crippen LogP contribution in [-0.2, 0) is 13.5 Å². The molecule has 84 valence electrons. The van der Waals surface area contributed by atoms with E-state index in [1.165, 1.54) is 0 Å². The lowest BCUT2D eigenvalue weighted by Gasteiger charge is -2.03. The number of anilines is 1. The Bertz CT molecular complexity index is 469. The summed E-state index contributed by atoms with van der Waals surface area (Å²) in [6.07, 6.45) is 5.53. The third kappa shape index (κ3) is 2.66. The lowest BCUT2D eigenvalue weighted by Crippen LogP contribution is -2.08. The zero-order valence-electron chi connectivity index (χ0n) is 8.76. The highest BCUT2D eigenvalue weighted by atomic mass is 35.5. The average molecular weight is 239 g/mol. The zero-order valence-corrected chi connectivity index (χ0v) is 9.52. The molecule has 2 aromatic rings. The molecule has 0 bridgehead atoms. The number of aromatic nitrogens is 5. The van der Waals surface area contributed by atoms with Crippen LogP contribution in [0.25, 0.3) is 0 Å².